The molecule has 0 atom stereocenters. The number of rotatable bonds is 9. The van der Waals surface area contributed by atoms with Crippen LogP contribution in [0.25, 0.3) is 0 Å². The quantitative estimate of drug-likeness (QED) is 0.299. The van der Waals surface area contributed by atoms with Crippen molar-refractivity contribution in [1.29, 1.82) is 0 Å². The molecule has 0 radical (unpaired) electrons. The Kier molecular flexibility index (Phi) is 8.17. The summed E-state index contributed by atoms with van der Waals surface area (Å²) in [5.74, 6) is 0.541. The second-order valence-electron chi connectivity index (χ2n) is 6.92. The van der Waals surface area contributed by atoms with E-state index in [9.17, 15) is 9.18 Å². The van der Waals surface area contributed by atoms with E-state index >= 15 is 0 Å². The van der Waals surface area contributed by atoms with Crippen LogP contribution in [0.3, 0.4) is 0 Å². The zero-order valence-electron chi connectivity index (χ0n) is 17.5. The fourth-order valence-corrected chi connectivity index (χ4v) is 3.94. The highest BCUT2D eigenvalue weighted by Gasteiger charge is 2.15. The third-order valence-corrected chi connectivity index (χ3v) is 6.27. The summed E-state index contributed by atoms with van der Waals surface area (Å²) in [7, 11) is 0. The van der Waals surface area contributed by atoms with E-state index in [0.29, 0.717) is 34.0 Å². The van der Waals surface area contributed by atoms with Gasteiger partial charge in [0.25, 0.3) is 0 Å². The van der Waals surface area contributed by atoms with Gasteiger partial charge in [-0.25, -0.2) is 4.39 Å². The van der Waals surface area contributed by atoms with E-state index in [2.05, 4.69) is 22.1 Å². The van der Waals surface area contributed by atoms with E-state index in [1.165, 1.54) is 30.0 Å². The molecule has 0 aliphatic rings. The first-order valence-corrected chi connectivity index (χ1v) is 11.3. The van der Waals surface area contributed by atoms with Crippen molar-refractivity contribution in [2.45, 2.75) is 32.2 Å². The third-order valence-electron chi connectivity index (χ3n) is 4.42. The number of amides is 1. The fourth-order valence-electron chi connectivity index (χ4n) is 2.88. The van der Waals surface area contributed by atoms with Crippen LogP contribution in [-0.4, -0.2) is 26.4 Å². The first-order valence-electron chi connectivity index (χ1n) is 9.58. The minimum atomic E-state index is -0.546. The Bertz CT molecular complexity index is 1130. The topological polar surface area (TPSA) is 69.0 Å². The van der Waals surface area contributed by atoms with Crippen molar-refractivity contribution in [3.8, 4) is 5.75 Å². The van der Waals surface area contributed by atoms with Crippen LogP contribution >= 0.6 is 35.0 Å². The van der Waals surface area contributed by atoms with Gasteiger partial charge in [0, 0.05) is 17.3 Å². The third kappa shape index (κ3) is 6.03. The molecule has 1 amide bonds. The van der Waals surface area contributed by atoms with Gasteiger partial charge in [0.05, 0.1) is 10.8 Å². The number of carbonyl (C=O) groups is 1. The molecule has 32 heavy (non-hydrogen) atoms. The minimum absolute atomic E-state index is 0.0584. The molecule has 1 N–H and O–H groups in total. The van der Waals surface area contributed by atoms with Crippen molar-refractivity contribution in [3.63, 3.8) is 0 Å². The van der Waals surface area contributed by atoms with Gasteiger partial charge in [0.2, 0.25) is 5.91 Å². The predicted molar refractivity (Wildman–Crippen MR) is 126 cm³/mol. The molecule has 0 saturated heterocycles. The molecule has 2 aromatic carbocycles. The number of nitrogens with one attached hydrogen (secondary N) is 1. The van der Waals surface area contributed by atoms with E-state index in [0.717, 1.165) is 11.1 Å². The smallest absolute Gasteiger partial charge is 0.234 e. The number of nitrogens with zero attached hydrogens (tertiary/aromatic N) is 3. The van der Waals surface area contributed by atoms with Gasteiger partial charge in [0.15, 0.2) is 11.0 Å². The Morgan fingerprint density at radius 1 is 1.25 bits per heavy atom. The van der Waals surface area contributed by atoms with Crippen molar-refractivity contribution < 1.29 is 13.9 Å². The van der Waals surface area contributed by atoms with Gasteiger partial charge in [-0.05, 0) is 55.3 Å². The maximum atomic E-state index is 13.3. The summed E-state index contributed by atoms with van der Waals surface area (Å²) >= 11 is 13.2. The van der Waals surface area contributed by atoms with Crippen LogP contribution in [0.2, 0.25) is 10.0 Å². The van der Waals surface area contributed by atoms with Crippen molar-refractivity contribution in [2.24, 2.45) is 0 Å². The number of thioether (sulfide) groups is 1. The Balaban J connectivity index is 1.64. The SMILES string of the molecule is C=CCn1c(COc2cc(C)c(Cl)c(C)c2)nnc1SCC(=O)Nc1ccc(F)c(Cl)c1. The van der Waals surface area contributed by atoms with Crippen molar-refractivity contribution >= 4 is 46.6 Å². The average molecular weight is 495 g/mol. The van der Waals surface area contributed by atoms with Crippen LogP contribution in [0.1, 0.15) is 17.0 Å². The van der Waals surface area contributed by atoms with Crippen molar-refractivity contribution in [3.05, 3.63) is 75.8 Å². The lowest BCUT2D eigenvalue weighted by Crippen LogP contribution is -2.15. The Labute approximate surface area is 199 Å². The molecular weight excluding hydrogens is 474 g/mol. The normalized spacial score (nSPS) is 10.8. The molecular formula is C22H21Cl2FN4O2S. The molecule has 0 aliphatic heterocycles. The largest absolute Gasteiger partial charge is 0.486 e. The predicted octanol–water partition coefficient (Wildman–Crippen LogP) is 5.84. The highest BCUT2D eigenvalue weighted by molar-refractivity contribution is 7.99. The maximum absolute atomic E-state index is 13.3. The number of benzene rings is 2. The molecule has 10 heteroatoms. The summed E-state index contributed by atoms with van der Waals surface area (Å²) in [6, 6.07) is 7.73. The standard InChI is InChI=1S/C22H21Cl2FN4O2S/c1-4-7-29-19(11-31-16-8-13(2)21(24)14(3)9-16)27-28-22(29)32-12-20(30)26-15-5-6-18(25)17(23)10-15/h4-6,8-10H,1,7,11-12H2,2-3H3,(H,26,30). The number of hydrogen-bond donors (Lipinski definition) is 1. The number of carbonyl (C=O) groups excluding carboxylic acids is 1. The summed E-state index contributed by atoms with van der Waals surface area (Å²) in [5, 5.41) is 12.3. The van der Waals surface area contributed by atoms with E-state index in [4.69, 9.17) is 27.9 Å². The Morgan fingerprint density at radius 2 is 1.97 bits per heavy atom. The number of aryl methyl sites for hydroxylation is 2. The summed E-state index contributed by atoms with van der Waals surface area (Å²) in [5.41, 5.74) is 2.27. The number of hydrogen-bond acceptors (Lipinski definition) is 5. The first-order chi connectivity index (χ1) is 15.3. The number of ether oxygens (including phenoxy) is 1. The summed E-state index contributed by atoms with van der Waals surface area (Å²) in [6.07, 6.45) is 1.72. The molecule has 0 saturated carbocycles. The molecule has 6 nitrogen and oxygen atoms in total. The van der Waals surface area contributed by atoms with Gasteiger partial charge in [-0.1, -0.05) is 41.0 Å². The number of allylic oxidation sites excluding steroid dienone is 1. The van der Waals surface area contributed by atoms with Crippen molar-refractivity contribution in [2.75, 3.05) is 11.1 Å². The molecule has 0 spiro atoms. The number of aromatic nitrogens is 3. The van der Waals surface area contributed by atoms with Crippen LogP contribution in [-0.2, 0) is 17.9 Å². The Hall–Kier alpha value is -2.55. The zero-order chi connectivity index (χ0) is 23.3. The molecule has 1 aromatic heterocycles. The molecule has 3 aromatic rings. The highest BCUT2D eigenvalue weighted by Crippen LogP contribution is 2.27. The summed E-state index contributed by atoms with van der Waals surface area (Å²) in [6.45, 7) is 8.27. The first kappa shape index (κ1) is 24.1. The van der Waals surface area contributed by atoms with E-state index in [1.54, 1.807) is 6.08 Å². The van der Waals surface area contributed by atoms with Crippen LogP contribution < -0.4 is 10.1 Å². The van der Waals surface area contributed by atoms with Gasteiger partial charge in [-0.3, -0.25) is 9.36 Å². The van der Waals surface area contributed by atoms with Gasteiger partial charge >= 0.3 is 0 Å². The van der Waals surface area contributed by atoms with E-state index in [1.807, 2.05) is 30.5 Å². The molecule has 0 fully saturated rings. The second-order valence-corrected chi connectivity index (χ2v) is 8.65. The van der Waals surface area contributed by atoms with Gasteiger partial charge in [-0.15, -0.1) is 16.8 Å². The number of anilines is 1. The van der Waals surface area contributed by atoms with Gasteiger partial charge in [0.1, 0.15) is 18.2 Å². The second kappa shape index (κ2) is 10.8. The van der Waals surface area contributed by atoms with Crippen LogP contribution in [0, 0.1) is 19.7 Å². The lowest BCUT2D eigenvalue weighted by Gasteiger charge is -2.11. The summed E-state index contributed by atoms with van der Waals surface area (Å²) in [4.78, 5) is 12.3. The van der Waals surface area contributed by atoms with Crippen molar-refractivity contribution in [1.82, 2.24) is 14.8 Å². The summed E-state index contributed by atoms with van der Waals surface area (Å²) < 4.78 is 21.0. The molecule has 0 aliphatic carbocycles. The highest BCUT2D eigenvalue weighted by atomic mass is 35.5. The molecule has 0 unspecified atom stereocenters. The van der Waals surface area contributed by atoms with Crippen LogP contribution in [0.5, 0.6) is 5.75 Å². The molecule has 3 rings (SSSR count). The van der Waals surface area contributed by atoms with Crippen LogP contribution in [0.15, 0.2) is 48.1 Å². The fraction of sp³-hybridized carbons (Fsp3) is 0.227. The maximum Gasteiger partial charge on any atom is 0.234 e. The van der Waals surface area contributed by atoms with Gasteiger partial charge in [-0.2, -0.15) is 0 Å². The molecule has 0 bridgehead atoms. The lowest BCUT2D eigenvalue weighted by molar-refractivity contribution is -0.113. The van der Waals surface area contributed by atoms with Gasteiger partial charge < -0.3 is 10.1 Å². The van der Waals surface area contributed by atoms with Crippen LogP contribution in [0.4, 0.5) is 10.1 Å². The minimum Gasteiger partial charge on any atom is -0.486 e. The average Bonchev–Trinajstić information content (AvgIpc) is 3.13. The number of halogens is 3. The lowest BCUT2D eigenvalue weighted by atomic mass is 10.1. The molecule has 1 heterocycles. The monoisotopic (exact) mass is 494 g/mol. The van der Waals surface area contributed by atoms with E-state index < -0.39 is 5.82 Å². The van der Waals surface area contributed by atoms with E-state index in [-0.39, 0.29) is 23.3 Å². The zero-order valence-corrected chi connectivity index (χ0v) is 19.8. The molecule has 168 valence electrons. The Morgan fingerprint density at radius 3 is 2.62 bits per heavy atom.